The van der Waals surface area contributed by atoms with Gasteiger partial charge in [-0.05, 0) is 26.5 Å². The fourth-order valence-corrected chi connectivity index (χ4v) is 3.36. The first-order valence-electron chi connectivity index (χ1n) is 7.70. The first-order chi connectivity index (χ1) is 10.5. The van der Waals surface area contributed by atoms with Crippen LogP contribution in [0.4, 0.5) is 5.82 Å². The van der Waals surface area contributed by atoms with E-state index in [9.17, 15) is 9.90 Å². The van der Waals surface area contributed by atoms with Crippen LogP contribution in [-0.4, -0.2) is 70.2 Å². The number of amides is 1. The molecule has 3 heterocycles. The molecule has 7 nitrogen and oxygen atoms in total. The maximum atomic E-state index is 12.6. The lowest BCUT2D eigenvalue weighted by molar-refractivity contribution is -0.131. The molecule has 2 saturated heterocycles. The number of carbonyl (C=O) groups excluding carboxylic acids is 1. The molecule has 22 heavy (non-hydrogen) atoms. The van der Waals surface area contributed by atoms with Gasteiger partial charge in [0.05, 0.1) is 11.6 Å². The monoisotopic (exact) mass is 305 g/mol. The number of aliphatic hydroxyl groups is 1. The molecule has 1 aromatic rings. The first-order valence-corrected chi connectivity index (χ1v) is 7.70. The number of hydrogen-bond donors (Lipinski definition) is 2. The number of rotatable bonds is 3. The van der Waals surface area contributed by atoms with Crippen molar-refractivity contribution < 1.29 is 9.90 Å². The van der Waals surface area contributed by atoms with Crippen LogP contribution in [0.2, 0.25) is 0 Å². The van der Waals surface area contributed by atoms with E-state index < -0.39 is 11.6 Å². The minimum Gasteiger partial charge on any atom is -0.392 e. The highest BCUT2D eigenvalue weighted by molar-refractivity contribution is 5.86. The normalized spacial score (nSPS) is 32.4. The number of nitrogens with one attached hydrogen (secondary N) is 1. The highest BCUT2D eigenvalue weighted by Gasteiger charge is 2.45. The lowest BCUT2D eigenvalue weighted by Crippen LogP contribution is -2.54. The van der Waals surface area contributed by atoms with Gasteiger partial charge in [0.25, 0.3) is 0 Å². The number of β-amino-alcohol motifs (C(OH)–C–C–N with tert-alkyl or cyclic N) is 1. The molecule has 2 aliphatic heterocycles. The number of aliphatic hydroxyl groups excluding tert-OH is 1. The van der Waals surface area contributed by atoms with E-state index in [1.807, 2.05) is 24.9 Å². The third-order valence-corrected chi connectivity index (χ3v) is 4.86. The number of hydrogen-bond acceptors (Lipinski definition) is 6. The summed E-state index contributed by atoms with van der Waals surface area (Å²) in [4.78, 5) is 24.9. The van der Waals surface area contributed by atoms with E-state index in [4.69, 9.17) is 0 Å². The summed E-state index contributed by atoms with van der Waals surface area (Å²) in [5.41, 5.74) is -0.623. The van der Waals surface area contributed by atoms with Crippen molar-refractivity contribution in [2.75, 3.05) is 31.6 Å². The molecule has 120 valence electrons. The highest BCUT2D eigenvalue weighted by atomic mass is 16.3. The fraction of sp³-hybridized carbons (Fsp3) is 0.667. The Morgan fingerprint density at radius 3 is 2.95 bits per heavy atom. The zero-order valence-electron chi connectivity index (χ0n) is 13.1. The number of likely N-dealkylation sites (N-methyl/N-ethyl adjacent to an activating group) is 1. The molecular weight excluding hydrogens is 282 g/mol. The predicted octanol–water partition coefficient (Wildman–Crippen LogP) is -0.373. The van der Waals surface area contributed by atoms with Crippen LogP contribution < -0.4 is 10.2 Å². The number of nitrogens with zero attached hydrogens (tertiary/aromatic N) is 4. The smallest absolute Gasteiger partial charge is 0.240 e. The van der Waals surface area contributed by atoms with Crippen molar-refractivity contribution in [3.63, 3.8) is 0 Å². The van der Waals surface area contributed by atoms with Crippen LogP contribution >= 0.6 is 0 Å². The Bertz CT molecular complexity index is 540. The number of likely N-dealkylation sites (tertiary alicyclic amines) is 1. The van der Waals surface area contributed by atoms with Crippen LogP contribution in [0.15, 0.2) is 18.6 Å². The van der Waals surface area contributed by atoms with Crippen LogP contribution in [0.5, 0.6) is 0 Å². The molecule has 1 amide bonds. The van der Waals surface area contributed by atoms with Gasteiger partial charge in [-0.25, -0.2) is 9.97 Å². The van der Waals surface area contributed by atoms with Crippen molar-refractivity contribution in [1.29, 1.82) is 0 Å². The second-order valence-electron chi connectivity index (χ2n) is 6.48. The van der Waals surface area contributed by atoms with Crippen molar-refractivity contribution in [1.82, 2.24) is 20.2 Å². The number of anilines is 1. The Labute approximate surface area is 130 Å². The van der Waals surface area contributed by atoms with E-state index in [1.54, 1.807) is 6.20 Å². The van der Waals surface area contributed by atoms with Crippen LogP contribution in [0.1, 0.15) is 19.8 Å². The molecule has 2 fully saturated rings. The third-order valence-electron chi connectivity index (χ3n) is 4.86. The molecule has 0 aliphatic carbocycles. The van der Waals surface area contributed by atoms with Crippen LogP contribution in [0.25, 0.3) is 0 Å². The maximum absolute atomic E-state index is 12.6. The summed E-state index contributed by atoms with van der Waals surface area (Å²) in [6, 6.07) is 2.00. The molecule has 7 heteroatoms. The van der Waals surface area contributed by atoms with Crippen molar-refractivity contribution in [3.05, 3.63) is 18.6 Å². The Hall–Kier alpha value is -1.73. The van der Waals surface area contributed by atoms with E-state index >= 15 is 0 Å². The first kappa shape index (κ1) is 15.2. The van der Waals surface area contributed by atoms with Gasteiger partial charge in [0.15, 0.2) is 0 Å². The molecule has 0 aromatic carbocycles. The molecule has 0 bridgehead atoms. The molecule has 2 aliphatic rings. The molecule has 3 atom stereocenters. The average molecular weight is 305 g/mol. The van der Waals surface area contributed by atoms with Crippen LogP contribution in [0, 0.1) is 0 Å². The van der Waals surface area contributed by atoms with Crippen molar-refractivity contribution in [3.8, 4) is 0 Å². The van der Waals surface area contributed by atoms with Gasteiger partial charge < -0.3 is 15.3 Å². The summed E-state index contributed by atoms with van der Waals surface area (Å²) in [7, 11) is 1.89. The van der Waals surface area contributed by atoms with Crippen molar-refractivity contribution in [2.24, 2.45) is 0 Å². The van der Waals surface area contributed by atoms with E-state index in [0.717, 1.165) is 25.3 Å². The summed E-state index contributed by atoms with van der Waals surface area (Å²) in [5.74, 6) is 0.896. The lowest BCUT2D eigenvalue weighted by atomic mass is 9.96. The minimum absolute atomic E-state index is 0.00101. The van der Waals surface area contributed by atoms with E-state index in [1.165, 1.54) is 6.33 Å². The largest absolute Gasteiger partial charge is 0.392 e. The van der Waals surface area contributed by atoms with Gasteiger partial charge in [-0.2, -0.15) is 0 Å². The SMILES string of the molecule is CN1CC(O)CC1(C)C(=O)N[C@H]1CCN(c2ccncn2)C1. The zero-order valence-corrected chi connectivity index (χ0v) is 13.1. The van der Waals surface area contributed by atoms with E-state index in [-0.39, 0.29) is 11.9 Å². The quantitative estimate of drug-likeness (QED) is 0.793. The topological polar surface area (TPSA) is 81.6 Å². The Morgan fingerprint density at radius 1 is 1.50 bits per heavy atom. The Balaban J connectivity index is 1.60. The van der Waals surface area contributed by atoms with Crippen molar-refractivity contribution in [2.45, 2.75) is 37.5 Å². The lowest BCUT2D eigenvalue weighted by Gasteiger charge is -2.31. The summed E-state index contributed by atoms with van der Waals surface area (Å²) in [6.07, 6.45) is 4.22. The van der Waals surface area contributed by atoms with Crippen LogP contribution in [0.3, 0.4) is 0 Å². The predicted molar refractivity (Wildman–Crippen MR) is 82.5 cm³/mol. The summed E-state index contributed by atoms with van der Waals surface area (Å²) < 4.78 is 0. The minimum atomic E-state index is -0.623. The van der Waals surface area contributed by atoms with Gasteiger partial charge in [-0.15, -0.1) is 0 Å². The summed E-state index contributed by atoms with van der Waals surface area (Å²) >= 11 is 0. The van der Waals surface area contributed by atoms with Gasteiger partial charge in [0.2, 0.25) is 5.91 Å². The highest BCUT2D eigenvalue weighted by Crippen LogP contribution is 2.28. The number of carbonyl (C=O) groups is 1. The number of aromatic nitrogens is 2. The molecule has 0 spiro atoms. The van der Waals surface area contributed by atoms with Gasteiger partial charge in [0.1, 0.15) is 12.1 Å². The Morgan fingerprint density at radius 2 is 2.32 bits per heavy atom. The third kappa shape index (κ3) is 2.78. The van der Waals surface area contributed by atoms with Gasteiger partial charge in [-0.3, -0.25) is 9.69 Å². The van der Waals surface area contributed by atoms with Crippen molar-refractivity contribution >= 4 is 11.7 Å². The molecular formula is C15H23N5O2. The second-order valence-corrected chi connectivity index (χ2v) is 6.48. The standard InChI is InChI=1S/C15H23N5O2/c1-15(7-12(21)9-19(15)2)14(22)18-11-4-6-20(8-11)13-3-5-16-10-17-13/h3,5,10-12,21H,4,6-9H2,1-2H3,(H,18,22)/t11-,12?,15?/m0/s1. The van der Waals surface area contributed by atoms with Gasteiger partial charge >= 0.3 is 0 Å². The summed E-state index contributed by atoms with van der Waals surface area (Å²) in [5, 5.41) is 12.9. The molecule has 2 N–H and O–H groups in total. The van der Waals surface area contributed by atoms with E-state index in [0.29, 0.717) is 13.0 Å². The molecule has 1 aromatic heterocycles. The summed E-state index contributed by atoms with van der Waals surface area (Å²) in [6.45, 7) is 4.07. The zero-order chi connectivity index (χ0) is 15.7. The van der Waals surface area contributed by atoms with Crippen LogP contribution in [-0.2, 0) is 4.79 Å². The van der Waals surface area contributed by atoms with Gasteiger partial charge in [-0.1, -0.05) is 0 Å². The Kier molecular flexibility index (Phi) is 4.01. The average Bonchev–Trinajstić information content (AvgIpc) is 3.05. The van der Waals surface area contributed by atoms with E-state index in [2.05, 4.69) is 20.2 Å². The molecule has 0 radical (unpaired) electrons. The molecule has 2 unspecified atom stereocenters. The fourth-order valence-electron chi connectivity index (χ4n) is 3.36. The second kappa shape index (κ2) is 5.81. The van der Waals surface area contributed by atoms with Gasteiger partial charge in [0, 0.05) is 38.3 Å². The molecule has 0 saturated carbocycles. The maximum Gasteiger partial charge on any atom is 0.240 e. The molecule has 3 rings (SSSR count).